The van der Waals surface area contributed by atoms with E-state index >= 15 is 4.39 Å². The van der Waals surface area contributed by atoms with E-state index in [0.29, 0.717) is 33.5 Å². The monoisotopic (exact) mass is 495 g/mol. The highest BCUT2D eigenvalue weighted by molar-refractivity contribution is 5.83. The van der Waals surface area contributed by atoms with E-state index in [1.807, 2.05) is 16.7 Å². The van der Waals surface area contributed by atoms with Crippen molar-refractivity contribution in [2.75, 3.05) is 37.7 Å². The predicted molar refractivity (Wildman–Crippen MR) is 129 cm³/mol. The van der Waals surface area contributed by atoms with Crippen LogP contribution in [-0.2, 0) is 11.3 Å². The van der Waals surface area contributed by atoms with Crippen molar-refractivity contribution >= 4 is 16.9 Å². The molecule has 2 aromatic carbocycles. The lowest BCUT2D eigenvalue weighted by Gasteiger charge is -2.28. The third-order valence-electron chi connectivity index (χ3n) is 6.66. The predicted octanol–water partition coefficient (Wildman–Crippen LogP) is 4.37. The number of anilines is 1. The largest absolute Gasteiger partial charge is 0.434 e. The Balaban J connectivity index is 1.41. The maximum Gasteiger partial charge on any atom is 0.387 e. The SMILES string of the molecule is Fc1cc2nc3n(c2cc1-c1ccc(N2CCNCC2)nc1)[C@H](c1ccccc1OC(F)F)COC3. The fourth-order valence-corrected chi connectivity index (χ4v) is 4.99. The highest BCUT2D eigenvalue weighted by Crippen LogP contribution is 2.37. The molecule has 4 heterocycles. The number of imidazole rings is 1. The van der Waals surface area contributed by atoms with Gasteiger partial charge in [-0.05, 0) is 24.3 Å². The Kier molecular flexibility index (Phi) is 5.98. The van der Waals surface area contributed by atoms with Gasteiger partial charge in [-0.2, -0.15) is 8.78 Å². The Labute approximate surface area is 205 Å². The summed E-state index contributed by atoms with van der Waals surface area (Å²) in [6, 6.07) is 13.1. The molecule has 1 atom stereocenters. The number of fused-ring (bicyclic) bond motifs is 3. The van der Waals surface area contributed by atoms with Crippen LogP contribution in [0.4, 0.5) is 19.0 Å². The van der Waals surface area contributed by atoms with Crippen molar-refractivity contribution in [1.29, 1.82) is 0 Å². The molecule has 2 aromatic heterocycles. The Hall–Kier alpha value is -3.63. The molecule has 1 N–H and O–H groups in total. The molecule has 0 spiro atoms. The summed E-state index contributed by atoms with van der Waals surface area (Å²) in [6.45, 7) is 1.07. The van der Waals surface area contributed by atoms with Crippen LogP contribution in [0, 0.1) is 5.82 Å². The van der Waals surface area contributed by atoms with Crippen LogP contribution in [0.25, 0.3) is 22.2 Å². The number of rotatable bonds is 5. The number of ether oxygens (including phenoxy) is 2. The van der Waals surface area contributed by atoms with Gasteiger partial charge in [0.2, 0.25) is 0 Å². The number of halogens is 3. The zero-order valence-electron chi connectivity index (χ0n) is 19.3. The second-order valence-corrected chi connectivity index (χ2v) is 8.81. The molecule has 0 unspecified atom stereocenters. The van der Waals surface area contributed by atoms with Crippen molar-refractivity contribution in [2.45, 2.75) is 19.3 Å². The van der Waals surface area contributed by atoms with Gasteiger partial charge in [0.25, 0.3) is 0 Å². The number of hydrogen-bond acceptors (Lipinski definition) is 6. The topological polar surface area (TPSA) is 64.4 Å². The van der Waals surface area contributed by atoms with Gasteiger partial charge in [0.15, 0.2) is 0 Å². The molecular formula is C26H24F3N5O2. The number of para-hydroxylation sites is 1. The Morgan fingerprint density at radius 3 is 2.69 bits per heavy atom. The summed E-state index contributed by atoms with van der Waals surface area (Å²) in [5, 5.41) is 3.32. The van der Waals surface area contributed by atoms with Crippen LogP contribution in [0.1, 0.15) is 17.4 Å². The van der Waals surface area contributed by atoms with Gasteiger partial charge in [0.1, 0.15) is 29.8 Å². The average molecular weight is 496 g/mol. The summed E-state index contributed by atoms with van der Waals surface area (Å²) < 4.78 is 53.8. The molecule has 186 valence electrons. The fourth-order valence-electron chi connectivity index (χ4n) is 4.99. The summed E-state index contributed by atoms with van der Waals surface area (Å²) in [4.78, 5) is 11.3. The van der Waals surface area contributed by atoms with Crippen molar-refractivity contribution in [3.8, 4) is 16.9 Å². The van der Waals surface area contributed by atoms with E-state index in [4.69, 9.17) is 9.47 Å². The lowest BCUT2D eigenvalue weighted by molar-refractivity contribution is -0.0512. The van der Waals surface area contributed by atoms with Crippen LogP contribution in [0.15, 0.2) is 54.7 Å². The molecule has 2 aliphatic heterocycles. The quantitative estimate of drug-likeness (QED) is 0.444. The summed E-state index contributed by atoms with van der Waals surface area (Å²) in [5.74, 6) is 1.12. The molecule has 1 saturated heterocycles. The van der Waals surface area contributed by atoms with Crippen LogP contribution in [0.5, 0.6) is 5.75 Å². The molecule has 1 fully saturated rings. The Bertz CT molecular complexity index is 1390. The number of nitrogens with zero attached hydrogens (tertiary/aromatic N) is 4. The van der Waals surface area contributed by atoms with Crippen molar-refractivity contribution in [3.05, 3.63) is 71.9 Å². The number of nitrogens with one attached hydrogen (secondary N) is 1. The number of hydrogen-bond donors (Lipinski definition) is 1. The second-order valence-electron chi connectivity index (χ2n) is 8.81. The number of pyridine rings is 1. The van der Waals surface area contributed by atoms with Gasteiger partial charge >= 0.3 is 6.61 Å². The minimum absolute atomic E-state index is 0.0748. The first-order valence-electron chi connectivity index (χ1n) is 11.8. The van der Waals surface area contributed by atoms with E-state index in [0.717, 1.165) is 32.0 Å². The summed E-state index contributed by atoms with van der Waals surface area (Å²) in [5.41, 5.74) is 2.75. The number of benzene rings is 2. The van der Waals surface area contributed by atoms with Crippen LogP contribution in [-0.4, -0.2) is 53.9 Å². The van der Waals surface area contributed by atoms with E-state index < -0.39 is 18.5 Å². The van der Waals surface area contributed by atoms with Crippen LogP contribution < -0.4 is 15.0 Å². The van der Waals surface area contributed by atoms with E-state index in [2.05, 4.69) is 20.2 Å². The number of piperazine rings is 1. The Morgan fingerprint density at radius 2 is 1.92 bits per heavy atom. The van der Waals surface area contributed by atoms with Gasteiger partial charge in [0.05, 0.1) is 23.7 Å². The smallest absolute Gasteiger partial charge is 0.387 e. The average Bonchev–Trinajstić information content (AvgIpc) is 3.26. The molecule has 0 amide bonds. The minimum Gasteiger partial charge on any atom is -0.434 e. The molecule has 4 aromatic rings. The lowest BCUT2D eigenvalue weighted by atomic mass is 10.0. The molecule has 36 heavy (non-hydrogen) atoms. The van der Waals surface area contributed by atoms with E-state index in [1.54, 1.807) is 30.5 Å². The fraction of sp³-hybridized carbons (Fsp3) is 0.308. The van der Waals surface area contributed by atoms with Crippen LogP contribution in [0.2, 0.25) is 0 Å². The minimum atomic E-state index is -2.95. The van der Waals surface area contributed by atoms with Crippen molar-refractivity contribution in [1.82, 2.24) is 19.9 Å². The zero-order chi connectivity index (χ0) is 24.6. The van der Waals surface area contributed by atoms with Crippen molar-refractivity contribution in [3.63, 3.8) is 0 Å². The maximum atomic E-state index is 15.2. The third kappa shape index (κ3) is 4.16. The summed E-state index contributed by atoms with van der Waals surface area (Å²) in [6.07, 6.45) is 1.68. The first kappa shape index (κ1) is 22.8. The van der Waals surface area contributed by atoms with Gasteiger partial charge in [-0.3, -0.25) is 0 Å². The first-order chi connectivity index (χ1) is 17.6. The standard InChI is InChI=1S/C26H24F3N5O2/c27-19-12-20-21(11-18(19)16-5-6-24(31-13-16)33-9-7-30-8-10-33)34-22(14-35-15-25(34)32-20)17-3-1-2-4-23(17)36-26(28)29/h1-6,11-13,22,26,30H,7-10,14-15H2/t22-/m0/s1. The zero-order valence-corrected chi connectivity index (χ0v) is 19.3. The summed E-state index contributed by atoms with van der Waals surface area (Å²) >= 11 is 0. The van der Waals surface area contributed by atoms with Crippen molar-refractivity contribution in [2.24, 2.45) is 0 Å². The van der Waals surface area contributed by atoms with Crippen LogP contribution in [0.3, 0.4) is 0 Å². The van der Waals surface area contributed by atoms with Gasteiger partial charge in [0, 0.05) is 55.1 Å². The summed E-state index contributed by atoms with van der Waals surface area (Å²) in [7, 11) is 0. The number of aromatic nitrogens is 3. The molecule has 7 nitrogen and oxygen atoms in total. The van der Waals surface area contributed by atoms with Crippen molar-refractivity contribution < 1.29 is 22.6 Å². The van der Waals surface area contributed by atoms with E-state index in [-0.39, 0.29) is 19.0 Å². The highest BCUT2D eigenvalue weighted by atomic mass is 19.3. The van der Waals surface area contributed by atoms with Gasteiger partial charge in [-0.25, -0.2) is 14.4 Å². The first-order valence-corrected chi connectivity index (χ1v) is 11.8. The molecular weight excluding hydrogens is 471 g/mol. The van der Waals surface area contributed by atoms with E-state index in [9.17, 15) is 8.78 Å². The molecule has 0 saturated carbocycles. The maximum absolute atomic E-state index is 15.2. The van der Waals surface area contributed by atoms with Gasteiger partial charge in [-0.1, -0.05) is 18.2 Å². The van der Waals surface area contributed by atoms with Gasteiger partial charge < -0.3 is 24.3 Å². The third-order valence-corrected chi connectivity index (χ3v) is 6.66. The highest BCUT2D eigenvalue weighted by Gasteiger charge is 2.29. The molecule has 10 heteroatoms. The number of alkyl halides is 2. The normalized spacial score (nSPS) is 18.0. The van der Waals surface area contributed by atoms with Crippen LogP contribution >= 0.6 is 0 Å². The lowest BCUT2D eigenvalue weighted by Crippen LogP contribution is -2.43. The molecule has 2 aliphatic rings. The molecule has 0 radical (unpaired) electrons. The molecule has 0 bridgehead atoms. The Morgan fingerprint density at radius 1 is 1.08 bits per heavy atom. The van der Waals surface area contributed by atoms with Gasteiger partial charge in [-0.15, -0.1) is 0 Å². The molecule has 0 aliphatic carbocycles. The second kappa shape index (κ2) is 9.44. The van der Waals surface area contributed by atoms with E-state index in [1.165, 1.54) is 12.1 Å². The molecule has 6 rings (SSSR count).